The van der Waals surface area contributed by atoms with E-state index in [1.165, 1.54) is 6.92 Å². The van der Waals surface area contributed by atoms with Crippen molar-refractivity contribution in [2.24, 2.45) is 11.8 Å². The Kier molecular flexibility index (Phi) is 5.90. The first kappa shape index (κ1) is 17.9. The highest BCUT2D eigenvalue weighted by atomic mass is 16.5. The van der Waals surface area contributed by atoms with Crippen molar-refractivity contribution in [1.82, 2.24) is 10.2 Å². The number of nitriles is 1. The minimum Gasteiger partial charge on any atom is -0.454 e. The molecule has 1 N–H and O–H groups in total. The Labute approximate surface area is 140 Å². The molecule has 8 heteroatoms. The van der Waals surface area contributed by atoms with Crippen LogP contribution in [0.3, 0.4) is 0 Å². The molecule has 8 nitrogen and oxygen atoms in total. The zero-order chi connectivity index (χ0) is 17.7. The number of carbonyl (C=O) groups excluding carboxylic acids is 4. The quantitative estimate of drug-likeness (QED) is 0.419. The molecule has 0 aromatic heterocycles. The van der Waals surface area contributed by atoms with Gasteiger partial charge in [0.1, 0.15) is 6.04 Å². The molecule has 0 radical (unpaired) electrons. The third kappa shape index (κ3) is 3.72. The maximum absolute atomic E-state index is 12.4. The molecule has 1 aliphatic carbocycles. The van der Waals surface area contributed by atoms with Crippen LogP contribution in [0, 0.1) is 23.2 Å². The highest BCUT2D eigenvalue weighted by Crippen LogP contribution is 2.38. The molecule has 0 aromatic carbocycles. The van der Waals surface area contributed by atoms with Gasteiger partial charge in [-0.25, -0.2) is 4.79 Å². The van der Waals surface area contributed by atoms with Gasteiger partial charge >= 0.3 is 5.97 Å². The first-order valence-corrected chi connectivity index (χ1v) is 8.14. The Balaban J connectivity index is 1.88. The number of esters is 1. The SMILES string of the molecule is C[C@@H](C(=O)OCC(=O)NCCC#N)N1C(=O)[C@H]2CCCC[C@H]2C1=O. The molecule has 130 valence electrons. The average molecular weight is 335 g/mol. The lowest BCUT2D eigenvalue weighted by Gasteiger charge is -2.21. The molecule has 3 amide bonds. The van der Waals surface area contributed by atoms with Crippen molar-refractivity contribution in [2.75, 3.05) is 13.2 Å². The Morgan fingerprint density at radius 3 is 2.42 bits per heavy atom. The van der Waals surface area contributed by atoms with Gasteiger partial charge in [0.15, 0.2) is 6.61 Å². The molecule has 2 rings (SSSR count). The maximum atomic E-state index is 12.4. The smallest absolute Gasteiger partial charge is 0.329 e. The van der Waals surface area contributed by atoms with E-state index in [4.69, 9.17) is 10.00 Å². The summed E-state index contributed by atoms with van der Waals surface area (Å²) in [5.41, 5.74) is 0. The fraction of sp³-hybridized carbons (Fsp3) is 0.688. The number of carbonyl (C=O) groups is 4. The zero-order valence-electron chi connectivity index (χ0n) is 13.6. The number of amides is 3. The minimum atomic E-state index is -1.04. The van der Waals surface area contributed by atoms with E-state index in [0.29, 0.717) is 12.8 Å². The first-order valence-electron chi connectivity index (χ1n) is 8.14. The minimum absolute atomic E-state index is 0.162. The molecule has 1 saturated carbocycles. The largest absolute Gasteiger partial charge is 0.454 e. The van der Waals surface area contributed by atoms with Gasteiger partial charge in [0.25, 0.3) is 5.91 Å². The van der Waals surface area contributed by atoms with Crippen LogP contribution in [0.1, 0.15) is 39.0 Å². The molecule has 2 aliphatic rings. The predicted octanol–water partition coefficient (Wildman–Crippen LogP) is 0.123. The van der Waals surface area contributed by atoms with Crippen LogP contribution in [-0.4, -0.2) is 47.8 Å². The fourth-order valence-electron chi connectivity index (χ4n) is 3.24. The molecule has 0 aromatic rings. The van der Waals surface area contributed by atoms with Crippen molar-refractivity contribution in [1.29, 1.82) is 5.26 Å². The van der Waals surface area contributed by atoms with Crippen LogP contribution in [-0.2, 0) is 23.9 Å². The summed E-state index contributed by atoms with van der Waals surface area (Å²) >= 11 is 0. The second-order valence-corrected chi connectivity index (χ2v) is 6.09. The van der Waals surface area contributed by atoms with Gasteiger partial charge < -0.3 is 10.1 Å². The van der Waals surface area contributed by atoms with E-state index in [0.717, 1.165) is 17.7 Å². The summed E-state index contributed by atoms with van der Waals surface area (Å²) in [6.07, 6.45) is 3.34. The number of imide groups is 1. The molecule has 3 atom stereocenters. The summed E-state index contributed by atoms with van der Waals surface area (Å²) in [7, 11) is 0. The van der Waals surface area contributed by atoms with Gasteiger partial charge in [-0.1, -0.05) is 12.8 Å². The van der Waals surface area contributed by atoms with Crippen LogP contribution < -0.4 is 5.32 Å². The Hall–Kier alpha value is -2.43. The number of ether oxygens (including phenoxy) is 1. The molecule has 0 bridgehead atoms. The summed E-state index contributed by atoms with van der Waals surface area (Å²) < 4.78 is 4.88. The zero-order valence-corrected chi connectivity index (χ0v) is 13.6. The predicted molar refractivity (Wildman–Crippen MR) is 81.0 cm³/mol. The van der Waals surface area contributed by atoms with Gasteiger partial charge in [0.2, 0.25) is 11.8 Å². The van der Waals surface area contributed by atoms with Crippen molar-refractivity contribution < 1.29 is 23.9 Å². The van der Waals surface area contributed by atoms with Crippen LogP contribution in [0.2, 0.25) is 0 Å². The highest BCUT2D eigenvalue weighted by molar-refractivity contribution is 6.07. The van der Waals surface area contributed by atoms with Gasteiger partial charge in [-0.3, -0.25) is 19.3 Å². The van der Waals surface area contributed by atoms with Crippen LogP contribution in [0.25, 0.3) is 0 Å². The molecular formula is C16H21N3O5. The molecule has 2 fully saturated rings. The summed E-state index contributed by atoms with van der Waals surface area (Å²) in [6, 6.07) is 0.834. The molecular weight excluding hydrogens is 314 g/mol. The molecule has 24 heavy (non-hydrogen) atoms. The fourth-order valence-corrected chi connectivity index (χ4v) is 3.24. The summed E-state index contributed by atoms with van der Waals surface area (Å²) in [5, 5.41) is 10.8. The topological polar surface area (TPSA) is 117 Å². The normalized spacial score (nSPS) is 24.1. The van der Waals surface area contributed by atoms with Crippen LogP contribution in [0.4, 0.5) is 0 Å². The Morgan fingerprint density at radius 2 is 1.88 bits per heavy atom. The number of likely N-dealkylation sites (tertiary alicyclic amines) is 1. The van der Waals surface area contributed by atoms with Gasteiger partial charge in [-0.2, -0.15) is 5.26 Å². The van der Waals surface area contributed by atoms with Crippen molar-refractivity contribution in [3.05, 3.63) is 0 Å². The molecule has 0 spiro atoms. The summed E-state index contributed by atoms with van der Waals surface area (Å²) in [4.78, 5) is 49.3. The molecule has 0 unspecified atom stereocenters. The lowest BCUT2D eigenvalue weighted by molar-refractivity contribution is -0.159. The average Bonchev–Trinajstić information content (AvgIpc) is 2.84. The molecule has 1 heterocycles. The van der Waals surface area contributed by atoms with Gasteiger partial charge in [0, 0.05) is 6.54 Å². The lowest BCUT2D eigenvalue weighted by atomic mass is 9.81. The van der Waals surface area contributed by atoms with Crippen molar-refractivity contribution in [3.63, 3.8) is 0 Å². The van der Waals surface area contributed by atoms with E-state index < -0.39 is 24.5 Å². The monoisotopic (exact) mass is 335 g/mol. The van der Waals surface area contributed by atoms with Crippen molar-refractivity contribution in [3.8, 4) is 6.07 Å². The lowest BCUT2D eigenvalue weighted by Crippen LogP contribution is -2.45. The second-order valence-electron chi connectivity index (χ2n) is 6.09. The Morgan fingerprint density at radius 1 is 1.29 bits per heavy atom. The van der Waals surface area contributed by atoms with E-state index >= 15 is 0 Å². The standard InChI is InChI=1S/C16H21N3O5/c1-10(16(23)24-9-13(20)18-8-4-7-17)19-14(21)11-5-2-3-6-12(11)15(19)22/h10-12H,2-6,8-9H2,1H3,(H,18,20)/t10-,11-,12+/m0/s1. The van der Waals surface area contributed by atoms with E-state index in [1.54, 1.807) is 0 Å². The number of nitrogens with zero attached hydrogens (tertiary/aromatic N) is 2. The highest BCUT2D eigenvalue weighted by Gasteiger charge is 2.51. The van der Waals surface area contributed by atoms with E-state index in [2.05, 4.69) is 5.32 Å². The van der Waals surface area contributed by atoms with E-state index in [-0.39, 0.29) is 36.6 Å². The van der Waals surface area contributed by atoms with E-state index in [1.807, 2.05) is 6.07 Å². The maximum Gasteiger partial charge on any atom is 0.329 e. The third-order valence-electron chi connectivity index (χ3n) is 4.51. The van der Waals surface area contributed by atoms with Gasteiger partial charge in [-0.05, 0) is 19.8 Å². The second kappa shape index (κ2) is 7.90. The van der Waals surface area contributed by atoms with Crippen molar-refractivity contribution in [2.45, 2.75) is 45.1 Å². The molecule has 1 saturated heterocycles. The van der Waals surface area contributed by atoms with Crippen molar-refractivity contribution >= 4 is 23.7 Å². The third-order valence-corrected chi connectivity index (χ3v) is 4.51. The molecule has 1 aliphatic heterocycles. The number of nitrogens with one attached hydrogen (secondary N) is 1. The van der Waals surface area contributed by atoms with E-state index in [9.17, 15) is 19.2 Å². The van der Waals surface area contributed by atoms with Crippen LogP contribution in [0.15, 0.2) is 0 Å². The number of fused-ring (bicyclic) bond motifs is 1. The van der Waals surface area contributed by atoms with Crippen LogP contribution >= 0.6 is 0 Å². The summed E-state index contributed by atoms with van der Waals surface area (Å²) in [5.74, 6) is -2.59. The van der Waals surface area contributed by atoms with Crippen LogP contribution in [0.5, 0.6) is 0 Å². The number of hydrogen-bond donors (Lipinski definition) is 1. The Bertz CT molecular complexity index is 559. The number of rotatable bonds is 6. The van der Waals surface area contributed by atoms with Gasteiger partial charge in [0.05, 0.1) is 24.3 Å². The summed E-state index contributed by atoms with van der Waals surface area (Å²) in [6.45, 7) is 1.11. The number of hydrogen-bond acceptors (Lipinski definition) is 6. The first-order chi connectivity index (χ1) is 11.5. The van der Waals surface area contributed by atoms with Gasteiger partial charge in [-0.15, -0.1) is 0 Å².